The lowest BCUT2D eigenvalue weighted by Crippen LogP contribution is -2.49. The van der Waals surface area contributed by atoms with E-state index in [1.807, 2.05) is 0 Å². The van der Waals surface area contributed by atoms with Crippen molar-refractivity contribution in [1.82, 2.24) is 4.90 Å². The zero-order chi connectivity index (χ0) is 15.2. The second-order valence-electron chi connectivity index (χ2n) is 5.62. The lowest BCUT2D eigenvalue weighted by Gasteiger charge is -2.28. The summed E-state index contributed by atoms with van der Waals surface area (Å²) in [5.74, 6) is -0.943. The molecule has 114 valence electrons. The van der Waals surface area contributed by atoms with Crippen molar-refractivity contribution in [2.24, 2.45) is 5.92 Å². The van der Waals surface area contributed by atoms with Crippen LogP contribution in [0.2, 0.25) is 0 Å². The number of aliphatic hydroxyl groups excluding tert-OH is 1. The number of aliphatic hydroxyl groups is 2. The summed E-state index contributed by atoms with van der Waals surface area (Å²) < 4.78 is 19.0. The highest BCUT2D eigenvalue weighted by Crippen LogP contribution is 2.43. The van der Waals surface area contributed by atoms with Crippen LogP contribution in [0.5, 0.6) is 5.75 Å². The van der Waals surface area contributed by atoms with Crippen LogP contribution in [0.15, 0.2) is 24.3 Å². The third-order valence-corrected chi connectivity index (χ3v) is 4.36. The Balaban J connectivity index is 1.75. The predicted octanol–water partition coefficient (Wildman–Crippen LogP) is 0.679. The fourth-order valence-corrected chi connectivity index (χ4v) is 3.23. The van der Waals surface area contributed by atoms with Gasteiger partial charge in [0.2, 0.25) is 0 Å². The van der Waals surface area contributed by atoms with Crippen molar-refractivity contribution in [3.05, 3.63) is 30.1 Å². The van der Waals surface area contributed by atoms with Crippen molar-refractivity contribution in [2.45, 2.75) is 24.2 Å². The van der Waals surface area contributed by atoms with Gasteiger partial charge >= 0.3 is 6.09 Å². The van der Waals surface area contributed by atoms with Crippen LogP contribution >= 0.6 is 0 Å². The van der Waals surface area contributed by atoms with Crippen LogP contribution < -0.4 is 4.74 Å². The van der Waals surface area contributed by atoms with E-state index in [9.17, 15) is 19.4 Å². The van der Waals surface area contributed by atoms with Gasteiger partial charge in [-0.05, 0) is 18.6 Å². The molecule has 2 fully saturated rings. The molecule has 2 aliphatic rings. The Morgan fingerprint density at radius 1 is 1.43 bits per heavy atom. The number of fused-ring (bicyclic) bond motifs is 1. The number of carbonyl (C=O) groups is 1. The van der Waals surface area contributed by atoms with Gasteiger partial charge in [-0.2, -0.15) is 0 Å². The lowest BCUT2D eigenvalue weighted by atomic mass is 9.93. The average Bonchev–Trinajstić information content (AvgIpc) is 2.88. The number of halogens is 1. The number of rotatable bonds is 2. The molecule has 0 spiro atoms. The Bertz CT molecular complexity index is 568. The molecule has 0 bridgehead atoms. The second-order valence-corrected chi connectivity index (χ2v) is 5.62. The molecule has 1 saturated carbocycles. The van der Waals surface area contributed by atoms with Crippen LogP contribution in [0, 0.1) is 11.7 Å². The molecule has 4 atom stereocenters. The van der Waals surface area contributed by atoms with Gasteiger partial charge in [0.25, 0.3) is 0 Å². The van der Waals surface area contributed by atoms with Gasteiger partial charge < -0.3 is 25.0 Å². The number of carboxylic acid groups (broad SMARTS) is 1. The number of hydrogen-bond acceptors (Lipinski definition) is 4. The van der Waals surface area contributed by atoms with E-state index >= 15 is 0 Å². The summed E-state index contributed by atoms with van der Waals surface area (Å²) in [6.45, 7) is -0.0225. The van der Waals surface area contributed by atoms with Gasteiger partial charge in [0.05, 0.1) is 6.54 Å². The highest BCUT2D eigenvalue weighted by molar-refractivity contribution is 5.65. The van der Waals surface area contributed by atoms with Gasteiger partial charge in [-0.15, -0.1) is 0 Å². The standard InChI is InChI=1S/C14H16FNO5/c15-9-3-1-2-4-10(9)21-11-5-8-6-16(13(18)19)7-14(8,20)12(11)17/h1-4,8,11-12,17,20H,5-7H2,(H,18,19)/t8-,11+,12+,14-/m0/s1. The van der Waals surface area contributed by atoms with Crippen LogP contribution in [-0.4, -0.2) is 57.2 Å². The van der Waals surface area contributed by atoms with Crippen LogP contribution in [0.3, 0.4) is 0 Å². The van der Waals surface area contributed by atoms with Crippen molar-refractivity contribution in [1.29, 1.82) is 0 Å². The Morgan fingerprint density at radius 2 is 2.14 bits per heavy atom. The minimum atomic E-state index is -1.53. The molecule has 1 aromatic carbocycles. The number of β-amino-alcohol motifs (C(OH)–C–C–N with tert-alkyl or cyclic N) is 1. The Labute approximate surface area is 120 Å². The molecule has 1 saturated heterocycles. The van der Waals surface area contributed by atoms with Gasteiger partial charge in [0, 0.05) is 12.5 Å². The van der Waals surface area contributed by atoms with Crippen molar-refractivity contribution >= 4 is 6.09 Å². The SMILES string of the molecule is O=C(O)N1C[C@@H]2C[C@@H](Oc3ccccc3F)[C@@H](O)[C@]2(O)C1. The Hall–Kier alpha value is -1.86. The van der Waals surface area contributed by atoms with E-state index < -0.39 is 35.6 Å². The molecule has 1 aliphatic heterocycles. The van der Waals surface area contributed by atoms with E-state index in [4.69, 9.17) is 9.84 Å². The Morgan fingerprint density at radius 3 is 2.76 bits per heavy atom. The number of hydrogen-bond donors (Lipinski definition) is 3. The van der Waals surface area contributed by atoms with E-state index in [0.717, 1.165) is 4.90 Å². The highest BCUT2D eigenvalue weighted by Gasteiger charge is 2.60. The van der Waals surface area contributed by atoms with E-state index in [2.05, 4.69) is 0 Å². The fourth-order valence-electron chi connectivity index (χ4n) is 3.23. The van der Waals surface area contributed by atoms with Crippen molar-refractivity contribution in [2.75, 3.05) is 13.1 Å². The topological polar surface area (TPSA) is 90.2 Å². The number of benzene rings is 1. The summed E-state index contributed by atoms with van der Waals surface area (Å²) >= 11 is 0. The van der Waals surface area contributed by atoms with Crippen LogP contribution in [0.1, 0.15) is 6.42 Å². The molecule has 1 aromatic rings. The van der Waals surface area contributed by atoms with E-state index in [1.54, 1.807) is 6.07 Å². The first-order valence-electron chi connectivity index (χ1n) is 6.71. The molecule has 1 heterocycles. The van der Waals surface area contributed by atoms with Gasteiger partial charge in [-0.1, -0.05) is 12.1 Å². The molecule has 21 heavy (non-hydrogen) atoms. The van der Waals surface area contributed by atoms with Crippen LogP contribution in [-0.2, 0) is 0 Å². The largest absolute Gasteiger partial charge is 0.485 e. The molecule has 0 unspecified atom stereocenters. The molecule has 1 amide bonds. The normalized spacial score (nSPS) is 34.8. The molecular formula is C14H16FNO5. The van der Waals surface area contributed by atoms with Crippen molar-refractivity contribution < 1.29 is 29.2 Å². The summed E-state index contributed by atoms with van der Waals surface area (Å²) in [6.07, 6.45) is -2.87. The minimum Gasteiger partial charge on any atom is -0.485 e. The summed E-state index contributed by atoms with van der Waals surface area (Å²) in [5.41, 5.74) is -1.53. The van der Waals surface area contributed by atoms with Crippen molar-refractivity contribution in [3.63, 3.8) is 0 Å². The monoisotopic (exact) mass is 297 g/mol. The maximum absolute atomic E-state index is 13.6. The average molecular weight is 297 g/mol. The zero-order valence-corrected chi connectivity index (χ0v) is 11.1. The molecular weight excluding hydrogens is 281 g/mol. The van der Waals surface area contributed by atoms with Gasteiger partial charge in [0.15, 0.2) is 11.6 Å². The minimum absolute atomic E-state index is 0.0141. The third-order valence-electron chi connectivity index (χ3n) is 4.36. The van der Waals surface area contributed by atoms with Gasteiger partial charge in [0.1, 0.15) is 17.8 Å². The second kappa shape index (κ2) is 4.85. The van der Waals surface area contributed by atoms with E-state index in [0.29, 0.717) is 0 Å². The summed E-state index contributed by atoms with van der Waals surface area (Å²) in [6, 6.07) is 5.84. The quantitative estimate of drug-likeness (QED) is 0.747. The summed E-state index contributed by atoms with van der Waals surface area (Å²) in [5, 5.41) is 29.7. The summed E-state index contributed by atoms with van der Waals surface area (Å²) in [7, 11) is 0. The zero-order valence-electron chi connectivity index (χ0n) is 11.1. The molecule has 0 radical (unpaired) electrons. The van der Waals surface area contributed by atoms with E-state index in [-0.39, 0.29) is 25.3 Å². The molecule has 7 heteroatoms. The van der Waals surface area contributed by atoms with E-state index in [1.165, 1.54) is 18.2 Å². The van der Waals surface area contributed by atoms with Gasteiger partial charge in [-0.3, -0.25) is 0 Å². The summed E-state index contributed by atoms with van der Waals surface area (Å²) in [4.78, 5) is 12.0. The lowest BCUT2D eigenvalue weighted by molar-refractivity contribution is -0.0859. The van der Waals surface area contributed by atoms with Crippen molar-refractivity contribution in [3.8, 4) is 5.75 Å². The Kier molecular flexibility index (Phi) is 3.26. The van der Waals surface area contributed by atoms with Crippen LogP contribution in [0.25, 0.3) is 0 Å². The first-order valence-corrected chi connectivity index (χ1v) is 6.71. The number of ether oxygens (including phenoxy) is 1. The smallest absolute Gasteiger partial charge is 0.407 e. The first-order chi connectivity index (χ1) is 9.91. The third kappa shape index (κ3) is 2.22. The number of amides is 1. The predicted molar refractivity (Wildman–Crippen MR) is 69.5 cm³/mol. The highest BCUT2D eigenvalue weighted by atomic mass is 19.1. The fraction of sp³-hybridized carbons (Fsp3) is 0.500. The first kappa shape index (κ1) is 14.1. The molecule has 3 N–H and O–H groups in total. The molecule has 6 nitrogen and oxygen atoms in total. The van der Waals surface area contributed by atoms with Crippen LogP contribution in [0.4, 0.5) is 9.18 Å². The van der Waals surface area contributed by atoms with Gasteiger partial charge in [-0.25, -0.2) is 9.18 Å². The molecule has 3 rings (SSSR count). The molecule has 1 aliphatic carbocycles. The molecule has 0 aromatic heterocycles. The number of para-hydroxylation sites is 1. The maximum Gasteiger partial charge on any atom is 0.407 e. The number of nitrogens with zero attached hydrogens (tertiary/aromatic N) is 1. The number of likely N-dealkylation sites (tertiary alicyclic amines) is 1. The maximum atomic E-state index is 13.6.